The highest BCUT2D eigenvalue weighted by Crippen LogP contribution is 2.32. The molecule has 3 nitrogen and oxygen atoms in total. The first-order valence-corrected chi connectivity index (χ1v) is 7.04. The summed E-state index contributed by atoms with van der Waals surface area (Å²) in [5, 5.41) is 0. The molecule has 108 valence electrons. The molecule has 1 heterocycles. The van der Waals surface area contributed by atoms with Crippen molar-refractivity contribution in [2.45, 2.75) is 25.8 Å². The molecule has 0 aliphatic carbocycles. The summed E-state index contributed by atoms with van der Waals surface area (Å²) in [5.41, 5.74) is 7.92. The van der Waals surface area contributed by atoms with E-state index in [0.29, 0.717) is 5.56 Å². The smallest absolute Gasteiger partial charge is 0.258 e. The molecule has 0 saturated heterocycles. The summed E-state index contributed by atoms with van der Waals surface area (Å²) >= 11 is 0. The van der Waals surface area contributed by atoms with Crippen LogP contribution in [0, 0.1) is 5.82 Å². The Morgan fingerprint density at radius 1 is 1.29 bits per heavy atom. The third kappa shape index (κ3) is 2.37. The largest absolute Gasteiger partial charge is 0.396 e. The van der Waals surface area contributed by atoms with Crippen LogP contribution >= 0.6 is 0 Å². The molecule has 3 rings (SSSR count). The van der Waals surface area contributed by atoms with E-state index in [2.05, 4.69) is 0 Å². The number of carbonyl (C=O) groups excluding carboxylic acids is 1. The summed E-state index contributed by atoms with van der Waals surface area (Å²) in [6, 6.07) is 12.2. The molecule has 2 N–H and O–H groups in total. The van der Waals surface area contributed by atoms with Crippen molar-refractivity contribution >= 4 is 17.3 Å². The van der Waals surface area contributed by atoms with Crippen molar-refractivity contribution in [3.05, 3.63) is 59.4 Å². The second-order valence-corrected chi connectivity index (χ2v) is 5.43. The summed E-state index contributed by atoms with van der Waals surface area (Å²) in [5.74, 6) is -0.743. The molecule has 2 aromatic rings. The van der Waals surface area contributed by atoms with Crippen LogP contribution in [-0.4, -0.2) is 11.9 Å². The van der Waals surface area contributed by atoms with Crippen LogP contribution in [-0.2, 0) is 6.42 Å². The highest BCUT2D eigenvalue weighted by Gasteiger charge is 2.28. The number of anilines is 2. The minimum Gasteiger partial charge on any atom is -0.396 e. The van der Waals surface area contributed by atoms with Crippen LogP contribution in [0.2, 0.25) is 0 Å². The van der Waals surface area contributed by atoms with Crippen molar-refractivity contribution in [3.8, 4) is 0 Å². The number of para-hydroxylation sites is 1. The molecule has 1 atom stereocenters. The number of fused-ring (bicyclic) bond motifs is 1. The van der Waals surface area contributed by atoms with Crippen LogP contribution in [0.1, 0.15) is 29.3 Å². The Bertz CT molecular complexity index is 699. The second kappa shape index (κ2) is 5.20. The first kappa shape index (κ1) is 13.6. The van der Waals surface area contributed by atoms with Gasteiger partial charge in [-0.05, 0) is 49.6 Å². The molecule has 0 spiro atoms. The first-order chi connectivity index (χ1) is 10.1. The number of aryl methyl sites for hydroxylation is 1. The lowest BCUT2D eigenvalue weighted by atomic mass is 9.95. The fraction of sp³-hybridized carbons (Fsp3) is 0.235. The zero-order valence-corrected chi connectivity index (χ0v) is 11.8. The maximum atomic E-state index is 13.6. The average Bonchev–Trinajstić information content (AvgIpc) is 2.49. The van der Waals surface area contributed by atoms with E-state index in [1.54, 1.807) is 11.0 Å². The lowest BCUT2D eigenvalue weighted by Gasteiger charge is -2.35. The zero-order chi connectivity index (χ0) is 15.0. The molecular weight excluding hydrogens is 267 g/mol. The van der Waals surface area contributed by atoms with Crippen molar-refractivity contribution < 1.29 is 9.18 Å². The summed E-state index contributed by atoms with van der Waals surface area (Å²) in [7, 11) is 0. The molecule has 21 heavy (non-hydrogen) atoms. The monoisotopic (exact) mass is 284 g/mol. The Balaban J connectivity index is 2.02. The topological polar surface area (TPSA) is 46.3 Å². The van der Waals surface area contributed by atoms with Gasteiger partial charge in [-0.3, -0.25) is 4.79 Å². The molecule has 2 aromatic carbocycles. The summed E-state index contributed by atoms with van der Waals surface area (Å²) in [4.78, 5) is 14.5. The third-order valence-corrected chi connectivity index (χ3v) is 3.99. The molecule has 1 aliphatic heterocycles. The summed E-state index contributed by atoms with van der Waals surface area (Å²) in [6.45, 7) is 2.02. The van der Waals surface area contributed by atoms with Gasteiger partial charge in [-0.25, -0.2) is 4.39 Å². The Kier molecular flexibility index (Phi) is 3.37. The number of hydrogen-bond donors (Lipinski definition) is 1. The maximum Gasteiger partial charge on any atom is 0.258 e. The Hall–Kier alpha value is -2.36. The number of benzene rings is 2. The number of carbonyl (C=O) groups is 1. The lowest BCUT2D eigenvalue weighted by molar-refractivity contribution is 0.0975. The van der Waals surface area contributed by atoms with Gasteiger partial charge in [0.25, 0.3) is 5.91 Å². The minimum absolute atomic E-state index is 0.0543. The van der Waals surface area contributed by atoms with Gasteiger partial charge in [0.2, 0.25) is 0 Å². The van der Waals surface area contributed by atoms with Gasteiger partial charge < -0.3 is 10.6 Å². The SMILES string of the molecule is CC1CCc2ccccc2N1C(=O)c1ccc(N)c(F)c1. The summed E-state index contributed by atoms with van der Waals surface area (Å²) < 4.78 is 13.6. The number of halogens is 1. The fourth-order valence-electron chi connectivity index (χ4n) is 2.80. The molecule has 4 heteroatoms. The Morgan fingerprint density at radius 2 is 2.05 bits per heavy atom. The molecule has 0 radical (unpaired) electrons. The van der Waals surface area contributed by atoms with E-state index >= 15 is 0 Å². The van der Waals surface area contributed by atoms with Gasteiger partial charge in [0.05, 0.1) is 5.69 Å². The number of amides is 1. The molecule has 0 aromatic heterocycles. The number of hydrogen-bond acceptors (Lipinski definition) is 2. The highest BCUT2D eigenvalue weighted by atomic mass is 19.1. The lowest BCUT2D eigenvalue weighted by Crippen LogP contribution is -2.42. The van der Waals surface area contributed by atoms with Crippen molar-refractivity contribution in [1.82, 2.24) is 0 Å². The van der Waals surface area contributed by atoms with E-state index in [4.69, 9.17) is 5.73 Å². The van der Waals surface area contributed by atoms with E-state index in [9.17, 15) is 9.18 Å². The predicted octanol–water partition coefficient (Wildman–Crippen LogP) is 3.39. The minimum atomic E-state index is -0.557. The van der Waals surface area contributed by atoms with Crippen LogP contribution in [0.3, 0.4) is 0 Å². The van der Waals surface area contributed by atoms with Gasteiger partial charge in [-0.1, -0.05) is 18.2 Å². The van der Waals surface area contributed by atoms with Gasteiger partial charge in [0, 0.05) is 17.3 Å². The molecule has 0 saturated carbocycles. The fourth-order valence-corrected chi connectivity index (χ4v) is 2.80. The Labute approximate surface area is 123 Å². The van der Waals surface area contributed by atoms with E-state index in [0.717, 1.165) is 24.1 Å². The van der Waals surface area contributed by atoms with Crippen molar-refractivity contribution in [2.75, 3.05) is 10.6 Å². The maximum absolute atomic E-state index is 13.6. The van der Waals surface area contributed by atoms with Crippen molar-refractivity contribution in [1.29, 1.82) is 0 Å². The molecule has 1 amide bonds. The second-order valence-electron chi connectivity index (χ2n) is 5.43. The first-order valence-electron chi connectivity index (χ1n) is 7.04. The van der Waals surface area contributed by atoms with Gasteiger partial charge in [-0.15, -0.1) is 0 Å². The van der Waals surface area contributed by atoms with Crippen LogP contribution in [0.15, 0.2) is 42.5 Å². The van der Waals surface area contributed by atoms with E-state index in [-0.39, 0.29) is 17.6 Å². The zero-order valence-electron chi connectivity index (χ0n) is 11.8. The average molecular weight is 284 g/mol. The van der Waals surface area contributed by atoms with Gasteiger partial charge in [0.1, 0.15) is 5.82 Å². The normalized spacial score (nSPS) is 17.4. The van der Waals surface area contributed by atoms with Gasteiger partial charge in [-0.2, -0.15) is 0 Å². The summed E-state index contributed by atoms with van der Waals surface area (Å²) in [6.07, 6.45) is 1.86. The van der Waals surface area contributed by atoms with Crippen LogP contribution in [0.25, 0.3) is 0 Å². The molecule has 1 unspecified atom stereocenters. The van der Waals surface area contributed by atoms with E-state index in [1.165, 1.54) is 12.1 Å². The van der Waals surface area contributed by atoms with Gasteiger partial charge >= 0.3 is 0 Å². The van der Waals surface area contributed by atoms with Crippen molar-refractivity contribution in [3.63, 3.8) is 0 Å². The molecule has 1 aliphatic rings. The molecule has 0 bridgehead atoms. The standard InChI is InChI=1S/C17H17FN2O/c1-11-6-7-12-4-2-3-5-16(12)20(11)17(21)13-8-9-15(19)14(18)10-13/h2-5,8-11H,6-7,19H2,1H3. The Morgan fingerprint density at radius 3 is 2.81 bits per heavy atom. The molecular formula is C17H17FN2O. The third-order valence-electron chi connectivity index (χ3n) is 3.99. The van der Waals surface area contributed by atoms with Crippen molar-refractivity contribution in [2.24, 2.45) is 0 Å². The predicted molar refractivity (Wildman–Crippen MR) is 81.8 cm³/mol. The van der Waals surface area contributed by atoms with E-state index < -0.39 is 5.82 Å². The highest BCUT2D eigenvalue weighted by molar-refractivity contribution is 6.07. The number of nitrogens with zero attached hydrogens (tertiary/aromatic N) is 1. The number of rotatable bonds is 1. The molecule has 0 fully saturated rings. The van der Waals surface area contributed by atoms with Crippen LogP contribution < -0.4 is 10.6 Å². The van der Waals surface area contributed by atoms with E-state index in [1.807, 2.05) is 31.2 Å². The van der Waals surface area contributed by atoms with Crippen LogP contribution in [0.4, 0.5) is 15.8 Å². The van der Waals surface area contributed by atoms with Gasteiger partial charge in [0.15, 0.2) is 0 Å². The number of nitrogen functional groups attached to an aromatic ring is 1. The number of nitrogens with two attached hydrogens (primary N) is 1. The quantitative estimate of drug-likeness (QED) is 0.816. The van der Waals surface area contributed by atoms with Crippen LogP contribution in [0.5, 0.6) is 0 Å².